The number of benzene rings is 2. The molecule has 0 aliphatic rings. The minimum atomic E-state index is 0.296. The molecule has 0 spiro atoms. The SMILES string of the molecule is CC(C)=Nc1ccc2ccc(O)cc2c1C. The number of rotatable bonds is 1. The first-order valence-corrected chi connectivity index (χ1v) is 5.32. The average molecular weight is 213 g/mol. The van der Waals surface area contributed by atoms with Gasteiger partial charge in [0.2, 0.25) is 0 Å². The van der Waals surface area contributed by atoms with Gasteiger partial charge in [-0.15, -0.1) is 0 Å². The van der Waals surface area contributed by atoms with Gasteiger partial charge in [0.1, 0.15) is 5.75 Å². The minimum absolute atomic E-state index is 0.296. The van der Waals surface area contributed by atoms with Crippen LogP contribution in [-0.2, 0) is 0 Å². The topological polar surface area (TPSA) is 32.6 Å². The third-order valence-corrected chi connectivity index (χ3v) is 2.59. The summed E-state index contributed by atoms with van der Waals surface area (Å²) in [5, 5.41) is 11.7. The normalized spacial score (nSPS) is 10.4. The minimum Gasteiger partial charge on any atom is -0.508 e. The maximum Gasteiger partial charge on any atom is 0.116 e. The van der Waals surface area contributed by atoms with Crippen LogP contribution in [0.4, 0.5) is 5.69 Å². The number of aliphatic imine (C=N–C) groups is 1. The van der Waals surface area contributed by atoms with Crippen LogP contribution in [0, 0.1) is 6.92 Å². The third-order valence-electron chi connectivity index (χ3n) is 2.59. The Labute approximate surface area is 95.3 Å². The van der Waals surface area contributed by atoms with E-state index in [2.05, 4.69) is 4.99 Å². The van der Waals surface area contributed by atoms with E-state index in [-0.39, 0.29) is 0 Å². The second kappa shape index (κ2) is 3.97. The Balaban J connectivity index is 2.73. The van der Waals surface area contributed by atoms with Crippen LogP contribution in [0.15, 0.2) is 35.3 Å². The molecular formula is C14H15NO. The van der Waals surface area contributed by atoms with Gasteiger partial charge in [-0.3, -0.25) is 4.99 Å². The van der Waals surface area contributed by atoms with Crippen LogP contribution >= 0.6 is 0 Å². The molecular weight excluding hydrogens is 198 g/mol. The largest absolute Gasteiger partial charge is 0.508 e. The number of aromatic hydroxyl groups is 1. The quantitative estimate of drug-likeness (QED) is 0.714. The molecule has 2 aromatic rings. The molecule has 0 radical (unpaired) electrons. The second-order valence-electron chi connectivity index (χ2n) is 4.17. The van der Waals surface area contributed by atoms with Gasteiger partial charge in [0, 0.05) is 5.71 Å². The van der Waals surface area contributed by atoms with Gasteiger partial charge >= 0.3 is 0 Å². The summed E-state index contributed by atoms with van der Waals surface area (Å²) in [7, 11) is 0. The molecule has 0 saturated carbocycles. The zero-order chi connectivity index (χ0) is 11.7. The summed E-state index contributed by atoms with van der Waals surface area (Å²) in [5.74, 6) is 0.296. The molecule has 0 saturated heterocycles. The van der Waals surface area contributed by atoms with Crippen molar-refractivity contribution >= 4 is 22.2 Å². The molecule has 0 bridgehead atoms. The first-order valence-electron chi connectivity index (χ1n) is 5.32. The zero-order valence-corrected chi connectivity index (χ0v) is 9.78. The van der Waals surface area contributed by atoms with Crippen molar-refractivity contribution in [3.63, 3.8) is 0 Å². The van der Waals surface area contributed by atoms with Crippen LogP contribution in [0.3, 0.4) is 0 Å². The van der Waals surface area contributed by atoms with Gasteiger partial charge in [-0.25, -0.2) is 0 Å². The average Bonchev–Trinajstić information content (AvgIpc) is 2.22. The lowest BCUT2D eigenvalue weighted by atomic mass is 10.0. The van der Waals surface area contributed by atoms with E-state index in [1.807, 2.05) is 39.0 Å². The highest BCUT2D eigenvalue weighted by atomic mass is 16.3. The molecule has 2 rings (SSSR count). The molecule has 2 nitrogen and oxygen atoms in total. The number of hydrogen-bond acceptors (Lipinski definition) is 2. The van der Waals surface area contributed by atoms with Crippen molar-refractivity contribution in [3.8, 4) is 5.75 Å². The molecule has 16 heavy (non-hydrogen) atoms. The number of aryl methyl sites for hydroxylation is 1. The summed E-state index contributed by atoms with van der Waals surface area (Å²) >= 11 is 0. The lowest BCUT2D eigenvalue weighted by Crippen LogP contribution is -1.83. The van der Waals surface area contributed by atoms with Gasteiger partial charge in [0.05, 0.1) is 5.69 Å². The standard InChI is InChI=1S/C14H15NO/c1-9(2)15-14-7-5-11-4-6-12(16)8-13(11)10(14)3/h4-8,16H,1-3H3. The van der Waals surface area contributed by atoms with Crippen molar-refractivity contribution in [2.45, 2.75) is 20.8 Å². The highest BCUT2D eigenvalue weighted by Crippen LogP contribution is 2.29. The monoisotopic (exact) mass is 213 g/mol. The number of phenols is 1. The number of nitrogens with zero attached hydrogens (tertiary/aromatic N) is 1. The number of fused-ring (bicyclic) bond motifs is 1. The van der Waals surface area contributed by atoms with Crippen molar-refractivity contribution < 1.29 is 5.11 Å². The lowest BCUT2D eigenvalue weighted by molar-refractivity contribution is 0.476. The van der Waals surface area contributed by atoms with Crippen LogP contribution in [0.5, 0.6) is 5.75 Å². The van der Waals surface area contributed by atoms with Crippen molar-refractivity contribution in [2.75, 3.05) is 0 Å². The lowest BCUT2D eigenvalue weighted by Gasteiger charge is -2.06. The van der Waals surface area contributed by atoms with E-state index in [9.17, 15) is 5.11 Å². The van der Waals surface area contributed by atoms with Crippen molar-refractivity contribution in [1.29, 1.82) is 0 Å². The first kappa shape index (κ1) is 10.7. The Morgan fingerprint density at radius 1 is 1.12 bits per heavy atom. The van der Waals surface area contributed by atoms with E-state index < -0.39 is 0 Å². The van der Waals surface area contributed by atoms with Crippen LogP contribution < -0.4 is 0 Å². The summed E-state index contributed by atoms with van der Waals surface area (Å²) < 4.78 is 0. The van der Waals surface area contributed by atoms with E-state index >= 15 is 0 Å². The molecule has 0 aliphatic carbocycles. The summed E-state index contributed by atoms with van der Waals surface area (Å²) in [6, 6.07) is 9.46. The Morgan fingerprint density at radius 3 is 2.50 bits per heavy atom. The Hall–Kier alpha value is -1.83. The fourth-order valence-corrected chi connectivity index (χ4v) is 1.81. The smallest absolute Gasteiger partial charge is 0.116 e. The van der Waals surface area contributed by atoms with E-state index in [0.29, 0.717) is 5.75 Å². The Bertz CT molecular complexity index is 566. The summed E-state index contributed by atoms with van der Waals surface area (Å²) in [6.07, 6.45) is 0. The molecule has 0 atom stereocenters. The number of hydrogen-bond donors (Lipinski definition) is 1. The van der Waals surface area contributed by atoms with Gasteiger partial charge in [0.25, 0.3) is 0 Å². The highest BCUT2D eigenvalue weighted by molar-refractivity contribution is 5.92. The molecule has 2 aromatic carbocycles. The van der Waals surface area contributed by atoms with Crippen LogP contribution in [0.1, 0.15) is 19.4 Å². The fourth-order valence-electron chi connectivity index (χ4n) is 1.81. The van der Waals surface area contributed by atoms with Gasteiger partial charge in [0.15, 0.2) is 0 Å². The predicted octanol–water partition coefficient (Wildman–Crippen LogP) is 3.97. The molecule has 0 amide bonds. The first-order chi connectivity index (χ1) is 7.58. The second-order valence-corrected chi connectivity index (χ2v) is 4.17. The Morgan fingerprint density at radius 2 is 1.81 bits per heavy atom. The van der Waals surface area contributed by atoms with E-state index in [4.69, 9.17) is 0 Å². The molecule has 1 N–H and O–H groups in total. The third kappa shape index (κ3) is 1.91. The van der Waals surface area contributed by atoms with Crippen molar-refractivity contribution in [3.05, 3.63) is 35.9 Å². The number of phenolic OH excluding ortho intramolecular Hbond substituents is 1. The molecule has 0 fully saturated rings. The molecule has 0 aliphatic heterocycles. The van der Waals surface area contributed by atoms with Crippen molar-refractivity contribution in [2.24, 2.45) is 4.99 Å². The van der Waals surface area contributed by atoms with Crippen LogP contribution in [0.25, 0.3) is 10.8 Å². The Kier molecular flexibility index (Phi) is 2.65. The predicted molar refractivity (Wildman–Crippen MR) is 68.8 cm³/mol. The van der Waals surface area contributed by atoms with E-state index in [0.717, 1.165) is 27.7 Å². The van der Waals surface area contributed by atoms with Gasteiger partial charge in [-0.05, 0) is 55.3 Å². The molecule has 0 unspecified atom stereocenters. The summed E-state index contributed by atoms with van der Waals surface area (Å²) in [5.41, 5.74) is 3.11. The van der Waals surface area contributed by atoms with Gasteiger partial charge in [-0.2, -0.15) is 0 Å². The molecule has 0 heterocycles. The maximum absolute atomic E-state index is 9.49. The molecule has 82 valence electrons. The fraction of sp³-hybridized carbons (Fsp3) is 0.214. The molecule has 2 heteroatoms. The van der Waals surface area contributed by atoms with E-state index in [1.54, 1.807) is 12.1 Å². The summed E-state index contributed by atoms with van der Waals surface area (Å²) in [4.78, 5) is 4.47. The maximum atomic E-state index is 9.49. The van der Waals surface area contributed by atoms with Crippen molar-refractivity contribution in [1.82, 2.24) is 0 Å². The molecule has 0 aromatic heterocycles. The van der Waals surface area contributed by atoms with E-state index in [1.165, 1.54) is 0 Å². The van der Waals surface area contributed by atoms with Gasteiger partial charge < -0.3 is 5.11 Å². The van der Waals surface area contributed by atoms with Crippen LogP contribution in [0.2, 0.25) is 0 Å². The zero-order valence-electron chi connectivity index (χ0n) is 9.78. The van der Waals surface area contributed by atoms with Crippen LogP contribution in [-0.4, -0.2) is 10.8 Å². The summed E-state index contributed by atoms with van der Waals surface area (Å²) in [6.45, 7) is 5.99. The highest BCUT2D eigenvalue weighted by Gasteiger charge is 2.03. The van der Waals surface area contributed by atoms with Gasteiger partial charge in [-0.1, -0.05) is 12.1 Å².